The molecule has 0 saturated heterocycles. The molecule has 2 rings (SSSR count). The van der Waals surface area contributed by atoms with Gasteiger partial charge >= 0.3 is 5.97 Å². The number of rotatable bonds is 2. The van der Waals surface area contributed by atoms with E-state index in [9.17, 15) is 4.79 Å². The van der Waals surface area contributed by atoms with Crippen molar-refractivity contribution in [2.75, 3.05) is 0 Å². The maximum Gasteiger partial charge on any atom is 0.346 e. The molecule has 3 nitrogen and oxygen atoms in total. The van der Waals surface area contributed by atoms with Gasteiger partial charge in [-0.2, -0.15) is 0 Å². The summed E-state index contributed by atoms with van der Waals surface area (Å²) in [5, 5.41) is 11.8. The maximum atomic E-state index is 11.0. The number of nitrogens with zero attached hydrogens (tertiary/aromatic N) is 1. The predicted octanol–water partition coefficient (Wildman–Crippen LogP) is 3.19. The van der Waals surface area contributed by atoms with Gasteiger partial charge in [-0.1, -0.05) is 0 Å². The lowest BCUT2D eigenvalue weighted by Crippen LogP contribution is -1.94. The van der Waals surface area contributed by atoms with Gasteiger partial charge in [0.15, 0.2) is 0 Å². The van der Waals surface area contributed by atoms with Gasteiger partial charge in [-0.05, 0) is 25.3 Å². The molecule has 0 saturated carbocycles. The summed E-state index contributed by atoms with van der Waals surface area (Å²) in [5.41, 5.74) is 1.69. The molecule has 15 heavy (non-hydrogen) atoms. The van der Waals surface area contributed by atoms with Crippen LogP contribution in [-0.2, 0) is 0 Å². The first-order valence-corrected chi connectivity index (χ1v) is 6.04. The lowest BCUT2D eigenvalue weighted by molar-refractivity contribution is 0.0703. The molecule has 2 heterocycles. The van der Waals surface area contributed by atoms with Crippen molar-refractivity contribution in [1.82, 2.24) is 4.98 Å². The molecule has 78 valence electrons. The van der Waals surface area contributed by atoms with Gasteiger partial charge in [-0.25, -0.2) is 9.78 Å². The molecule has 0 radical (unpaired) electrons. The third-order valence-corrected chi connectivity index (χ3v) is 4.02. The SMILES string of the molecule is Cc1nc(C)c(-c2ccsc2C(=O)O)s1. The van der Waals surface area contributed by atoms with E-state index in [1.54, 1.807) is 5.38 Å². The van der Waals surface area contributed by atoms with Crippen molar-refractivity contribution in [2.24, 2.45) is 0 Å². The molecule has 1 N–H and O–H groups in total. The lowest BCUT2D eigenvalue weighted by atomic mass is 10.2. The van der Waals surface area contributed by atoms with E-state index >= 15 is 0 Å². The number of thiazole rings is 1. The largest absolute Gasteiger partial charge is 0.477 e. The van der Waals surface area contributed by atoms with Crippen LogP contribution in [-0.4, -0.2) is 16.1 Å². The van der Waals surface area contributed by atoms with Gasteiger partial charge in [-0.15, -0.1) is 22.7 Å². The normalized spacial score (nSPS) is 10.5. The average molecular weight is 239 g/mol. The monoisotopic (exact) mass is 239 g/mol. The number of carboxylic acid groups (broad SMARTS) is 1. The van der Waals surface area contributed by atoms with E-state index in [0.717, 1.165) is 21.1 Å². The molecule has 0 fully saturated rings. The van der Waals surface area contributed by atoms with E-state index in [1.807, 2.05) is 19.9 Å². The Morgan fingerprint density at radius 1 is 1.47 bits per heavy atom. The molecular formula is C10H9NO2S2. The third kappa shape index (κ3) is 1.80. The molecule has 2 aromatic rings. The van der Waals surface area contributed by atoms with Gasteiger partial charge in [-0.3, -0.25) is 0 Å². The molecule has 2 aromatic heterocycles. The van der Waals surface area contributed by atoms with E-state index in [2.05, 4.69) is 4.98 Å². The molecular weight excluding hydrogens is 230 g/mol. The quantitative estimate of drug-likeness (QED) is 0.875. The Bertz CT molecular complexity index is 513. The van der Waals surface area contributed by atoms with Gasteiger partial charge in [0.1, 0.15) is 4.88 Å². The van der Waals surface area contributed by atoms with Crippen molar-refractivity contribution in [3.05, 3.63) is 27.0 Å². The second-order valence-electron chi connectivity index (χ2n) is 3.12. The van der Waals surface area contributed by atoms with Crippen LogP contribution in [0.3, 0.4) is 0 Å². The van der Waals surface area contributed by atoms with Gasteiger partial charge in [0.2, 0.25) is 0 Å². The van der Waals surface area contributed by atoms with Crippen LogP contribution in [0.2, 0.25) is 0 Å². The number of aromatic carboxylic acids is 1. The summed E-state index contributed by atoms with van der Waals surface area (Å²) >= 11 is 2.79. The van der Waals surface area contributed by atoms with Crippen LogP contribution in [0.1, 0.15) is 20.4 Å². The van der Waals surface area contributed by atoms with Gasteiger partial charge in [0.05, 0.1) is 15.6 Å². The van der Waals surface area contributed by atoms with Crippen LogP contribution in [0.5, 0.6) is 0 Å². The van der Waals surface area contributed by atoms with Crippen LogP contribution in [0.4, 0.5) is 0 Å². The fourth-order valence-corrected chi connectivity index (χ4v) is 3.19. The Balaban J connectivity index is 2.58. The zero-order valence-electron chi connectivity index (χ0n) is 8.27. The molecule has 5 heteroatoms. The number of hydrogen-bond acceptors (Lipinski definition) is 4. The van der Waals surface area contributed by atoms with Crippen molar-refractivity contribution in [2.45, 2.75) is 13.8 Å². The Morgan fingerprint density at radius 3 is 2.73 bits per heavy atom. The summed E-state index contributed by atoms with van der Waals surface area (Å²) in [6.45, 7) is 3.83. The summed E-state index contributed by atoms with van der Waals surface area (Å²) in [4.78, 5) is 16.6. The number of carbonyl (C=O) groups is 1. The van der Waals surface area contributed by atoms with Crippen molar-refractivity contribution >= 4 is 28.6 Å². The third-order valence-electron chi connectivity index (χ3n) is 2.01. The molecule has 0 bridgehead atoms. The Labute approximate surface area is 95.0 Å². The van der Waals surface area contributed by atoms with E-state index in [-0.39, 0.29) is 0 Å². The summed E-state index contributed by atoms with van der Waals surface area (Å²) in [5.74, 6) is -0.870. The number of thiophene rings is 1. The zero-order chi connectivity index (χ0) is 11.0. The minimum Gasteiger partial charge on any atom is -0.477 e. The van der Waals surface area contributed by atoms with Crippen LogP contribution in [0, 0.1) is 13.8 Å². The minimum atomic E-state index is -0.870. The summed E-state index contributed by atoms with van der Waals surface area (Å²) < 4.78 is 0. The number of hydrogen-bond donors (Lipinski definition) is 1. The van der Waals surface area contributed by atoms with Crippen LogP contribution < -0.4 is 0 Å². The van der Waals surface area contributed by atoms with Gasteiger partial charge in [0, 0.05) is 5.56 Å². The molecule has 0 amide bonds. The summed E-state index contributed by atoms with van der Waals surface area (Å²) in [6.07, 6.45) is 0. The second-order valence-corrected chi connectivity index (χ2v) is 5.24. The van der Waals surface area contributed by atoms with Crippen molar-refractivity contribution in [1.29, 1.82) is 0 Å². The topological polar surface area (TPSA) is 50.2 Å². The van der Waals surface area contributed by atoms with E-state index in [4.69, 9.17) is 5.11 Å². The molecule has 0 unspecified atom stereocenters. The van der Waals surface area contributed by atoms with Gasteiger partial charge < -0.3 is 5.11 Å². The predicted molar refractivity (Wildman–Crippen MR) is 61.9 cm³/mol. The summed E-state index contributed by atoms with van der Waals surface area (Å²) in [6, 6.07) is 1.84. The Morgan fingerprint density at radius 2 is 2.20 bits per heavy atom. The molecule has 0 aromatic carbocycles. The zero-order valence-corrected chi connectivity index (χ0v) is 9.91. The van der Waals surface area contributed by atoms with Gasteiger partial charge in [0.25, 0.3) is 0 Å². The highest BCUT2D eigenvalue weighted by molar-refractivity contribution is 7.16. The first kappa shape index (κ1) is 10.3. The van der Waals surface area contributed by atoms with Crippen molar-refractivity contribution in [3.8, 4) is 10.4 Å². The Hall–Kier alpha value is -1.20. The fourth-order valence-electron chi connectivity index (χ4n) is 1.43. The first-order valence-electron chi connectivity index (χ1n) is 4.35. The highest BCUT2D eigenvalue weighted by atomic mass is 32.1. The number of carboxylic acids is 1. The highest BCUT2D eigenvalue weighted by Gasteiger charge is 2.17. The van der Waals surface area contributed by atoms with E-state index in [1.165, 1.54) is 22.7 Å². The molecule has 0 aliphatic rings. The highest BCUT2D eigenvalue weighted by Crippen LogP contribution is 2.34. The molecule has 0 aliphatic heterocycles. The minimum absolute atomic E-state index is 0.391. The smallest absolute Gasteiger partial charge is 0.346 e. The molecule has 0 spiro atoms. The van der Waals surface area contributed by atoms with Crippen LogP contribution in [0.25, 0.3) is 10.4 Å². The molecule has 0 aliphatic carbocycles. The van der Waals surface area contributed by atoms with E-state index in [0.29, 0.717) is 4.88 Å². The summed E-state index contributed by atoms with van der Waals surface area (Å²) in [7, 11) is 0. The molecule has 0 atom stereocenters. The van der Waals surface area contributed by atoms with Crippen LogP contribution >= 0.6 is 22.7 Å². The fraction of sp³-hybridized carbons (Fsp3) is 0.200. The van der Waals surface area contributed by atoms with Crippen molar-refractivity contribution < 1.29 is 9.90 Å². The van der Waals surface area contributed by atoms with E-state index < -0.39 is 5.97 Å². The van der Waals surface area contributed by atoms with Crippen molar-refractivity contribution in [3.63, 3.8) is 0 Å². The average Bonchev–Trinajstić information content (AvgIpc) is 2.71. The first-order chi connectivity index (χ1) is 7.09. The number of aromatic nitrogens is 1. The Kier molecular flexibility index (Phi) is 2.58. The maximum absolute atomic E-state index is 11.0. The lowest BCUT2D eigenvalue weighted by Gasteiger charge is -1.96. The second kappa shape index (κ2) is 3.75. The van der Waals surface area contributed by atoms with Crippen LogP contribution in [0.15, 0.2) is 11.4 Å². The standard InChI is InChI=1S/C10H9NO2S2/c1-5-8(15-6(2)11-5)7-3-4-14-9(7)10(12)13/h3-4H,1-2H3,(H,12,13). The number of aryl methyl sites for hydroxylation is 2.